The summed E-state index contributed by atoms with van der Waals surface area (Å²) in [6, 6.07) is 7.41. The molecule has 0 aromatic heterocycles. The molecule has 1 aliphatic rings. The summed E-state index contributed by atoms with van der Waals surface area (Å²) in [5.41, 5.74) is 2.45. The lowest BCUT2D eigenvalue weighted by molar-refractivity contribution is 0.570. The van der Waals surface area contributed by atoms with Crippen LogP contribution in [-0.4, -0.2) is 30.1 Å². The lowest BCUT2D eigenvalue weighted by Gasteiger charge is -2.39. The van der Waals surface area contributed by atoms with Crippen molar-refractivity contribution in [3.05, 3.63) is 28.8 Å². The van der Waals surface area contributed by atoms with Crippen LogP contribution in [0, 0.1) is 0 Å². The second kappa shape index (κ2) is 7.75. The first-order chi connectivity index (χ1) is 10.0. The van der Waals surface area contributed by atoms with Gasteiger partial charge in [0.2, 0.25) is 0 Å². The largest absolute Gasteiger partial charge is 0.367 e. The van der Waals surface area contributed by atoms with Crippen LogP contribution in [0.2, 0.25) is 5.02 Å². The Balaban J connectivity index is 2.14. The monoisotopic (exact) mass is 326 g/mol. The molecule has 21 heavy (non-hydrogen) atoms. The summed E-state index contributed by atoms with van der Waals surface area (Å²) in [5, 5.41) is 5.05. The van der Waals surface area contributed by atoms with E-state index in [2.05, 4.69) is 67.9 Å². The average Bonchev–Trinajstić information content (AvgIpc) is 2.47. The minimum Gasteiger partial charge on any atom is -0.367 e. The van der Waals surface area contributed by atoms with Crippen LogP contribution >= 0.6 is 23.4 Å². The molecule has 1 N–H and O–H groups in total. The van der Waals surface area contributed by atoms with E-state index in [0.717, 1.165) is 24.5 Å². The van der Waals surface area contributed by atoms with Gasteiger partial charge in [-0.25, -0.2) is 0 Å². The van der Waals surface area contributed by atoms with Crippen LogP contribution in [0.15, 0.2) is 18.2 Å². The van der Waals surface area contributed by atoms with Crippen molar-refractivity contribution in [3.63, 3.8) is 0 Å². The quantitative estimate of drug-likeness (QED) is 0.842. The predicted molar refractivity (Wildman–Crippen MR) is 96.9 cm³/mol. The molecule has 2 nitrogen and oxygen atoms in total. The van der Waals surface area contributed by atoms with Gasteiger partial charge in [0.05, 0.1) is 0 Å². The molecule has 1 aromatic carbocycles. The molecule has 1 heterocycles. The third-order valence-electron chi connectivity index (χ3n) is 4.37. The SMILES string of the molecule is CCCNC(C)c1ccc(N2CCSC(C)C2C)cc1Cl. The molecule has 4 heteroatoms. The molecule has 0 spiro atoms. The Labute approximate surface area is 138 Å². The highest BCUT2D eigenvalue weighted by Gasteiger charge is 2.25. The van der Waals surface area contributed by atoms with Gasteiger partial charge in [0.15, 0.2) is 0 Å². The fourth-order valence-corrected chi connectivity index (χ4v) is 4.25. The highest BCUT2D eigenvalue weighted by Crippen LogP contribution is 2.33. The van der Waals surface area contributed by atoms with Crippen molar-refractivity contribution in [2.75, 3.05) is 23.7 Å². The molecule has 1 aromatic rings. The van der Waals surface area contributed by atoms with Crippen LogP contribution in [0.5, 0.6) is 0 Å². The van der Waals surface area contributed by atoms with Gasteiger partial charge < -0.3 is 10.2 Å². The Kier molecular flexibility index (Phi) is 6.27. The van der Waals surface area contributed by atoms with Crippen molar-refractivity contribution in [3.8, 4) is 0 Å². The predicted octanol–water partition coefficient (Wildman–Crippen LogP) is 4.73. The first-order valence-corrected chi connectivity index (χ1v) is 9.38. The summed E-state index contributed by atoms with van der Waals surface area (Å²) in [6.45, 7) is 11.1. The Bertz CT molecular complexity index is 466. The zero-order chi connectivity index (χ0) is 15.4. The average molecular weight is 327 g/mol. The summed E-state index contributed by atoms with van der Waals surface area (Å²) in [4.78, 5) is 2.49. The van der Waals surface area contributed by atoms with E-state index in [9.17, 15) is 0 Å². The lowest BCUT2D eigenvalue weighted by atomic mass is 10.1. The number of anilines is 1. The van der Waals surface area contributed by atoms with Crippen LogP contribution in [0.4, 0.5) is 5.69 Å². The molecule has 1 fully saturated rings. The van der Waals surface area contributed by atoms with Gasteiger partial charge in [-0.2, -0.15) is 11.8 Å². The van der Waals surface area contributed by atoms with E-state index in [1.54, 1.807) is 0 Å². The Morgan fingerprint density at radius 2 is 2.19 bits per heavy atom. The maximum Gasteiger partial charge on any atom is 0.0474 e. The molecule has 0 saturated carbocycles. The van der Waals surface area contributed by atoms with Crippen molar-refractivity contribution in [2.24, 2.45) is 0 Å². The van der Waals surface area contributed by atoms with Crippen LogP contribution in [0.1, 0.15) is 45.7 Å². The standard InChI is InChI=1S/C17H27ClN2S/c1-5-8-19-12(2)16-7-6-15(11-17(16)18)20-9-10-21-14(4)13(20)3/h6-7,11-14,19H,5,8-10H2,1-4H3. The summed E-state index contributed by atoms with van der Waals surface area (Å²) in [7, 11) is 0. The van der Waals surface area contributed by atoms with Gasteiger partial charge in [0.1, 0.15) is 0 Å². The molecule has 118 valence electrons. The highest BCUT2D eigenvalue weighted by atomic mass is 35.5. The van der Waals surface area contributed by atoms with Crippen LogP contribution in [0.25, 0.3) is 0 Å². The second-order valence-corrected chi connectivity index (χ2v) is 7.78. The maximum absolute atomic E-state index is 6.53. The third kappa shape index (κ3) is 4.08. The summed E-state index contributed by atoms with van der Waals surface area (Å²) in [6.07, 6.45) is 1.14. The van der Waals surface area contributed by atoms with E-state index in [1.807, 2.05) is 0 Å². The van der Waals surface area contributed by atoms with Gasteiger partial charge in [-0.3, -0.25) is 0 Å². The Morgan fingerprint density at radius 3 is 2.86 bits per heavy atom. The maximum atomic E-state index is 6.53. The molecular formula is C17H27ClN2S. The summed E-state index contributed by atoms with van der Waals surface area (Å²) >= 11 is 8.60. The van der Waals surface area contributed by atoms with Gasteiger partial charge in [0.25, 0.3) is 0 Å². The third-order valence-corrected chi connectivity index (χ3v) is 6.03. The van der Waals surface area contributed by atoms with Gasteiger partial charge in [-0.15, -0.1) is 0 Å². The molecule has 1 aliphatic heterocycles. The molecule has 3 unspecified atom stereocenters. The van der Waals surface area contributed by atoms with Crippen molar-refractivity contribution < 1.29 is 0 Å². The Morgan fingerprint density at radius 1 is 1.43 bits per heavy atom. The number of nitrogens with one attached hydrogen (secondary N) is 1. The zero-order valence-corrected chi connectivity index (χ0v) is 15.1. The minimum absolute atomic E-state index is 0.305. The molecule has 0 amide bonds. The number of hydrogen-bond donors (Lipinski definition) is 1. The topological polar surface area (TPSA) is 15.3 Å². The van der Waals surface area contributed by atoms with Crippen molar-refractivity contribution in [1.29, 1.82) is 0 Å². The number of halogens is 1. The van der Waals surface area contributed by atoms with Crippen LogP contribution in [-0.2, 0) is 0 Å². The van der Waals surface area contributed by atoms with E-state index < -0.39 is 0 Å². The van der Waals surface area contributed by atoms with E-state index in [4.69, 9.17) is 11.6 Å². The molecule has 0 bridgehead atoms. The van der Waals surface area contributed by atoms with Crippen molar-refractivity contribution in [1.82, 2.24) is 5.32 Å². The van der Waals surface area contributed by atoms with Gasteiger partial charge >= 0.3 is 0 Å². The smallest absolute Gasteiger partial charge is 0.0474 e. The number of thioether (sulfide) groups is 1. The molecular weight excluding hydrogens is 300 g/mol. The minimum atomic E-state index is 0.305. The Hall–Kier alpha value is -0.380. The molecule has 0 radical (unpaired) electrons. The fourth-order valence-electron chi connectivity index (χ4n) is 2.81. The fraction of sp³-hybridized carbons (Fsp3) is 0.647. The molecule has 1 saturated heterocycles. The van der Waals surface area contributed by atoms with Crippen LogP contribution < -0.4 is 10.2 Å². The molecule has 2 rings (SSSR count). The van der Waals surface area contributed by atoms with Crippen LogP contribution in [0.3, 0.4) is 0 Å². The van der Waals surface area contributed by atoms with Gasteiger partial charge in [-0.1, -0.05) is 31.5 Å². The molecule has 3 atom stereocenters. The number of rotatable bonds is 5. The lowest BCUT2D eigenvalue weighted by Crippen LogP contribution is -2.44. The molecule has 0 aliphatic carbocycles. The first kappa shape index (κ1) is 17.0. The van der Waals surface area contributed by atoms with E-state index in [1.165, 1.54) is 17.0 Å². The number of hydrogen-bond acceptors (Lipinski definition) is 3. The van der Waals surface area contributed by atoms with Gasteiger partial charge in [-0.05, 0) is 44.5 Å². The van der Waals surface area contributed by atoms with E-state index >= 15 is 0 Å². The van der Waals surface area contributed by atoms with Crippen molar-refractivity contribution >= 4 is 29.1 Å². The number of benzene rings is 1. The van der Waals surface area contributed by atoms with E-state index in [0.29, 0.717) is 17.3 Å². The number of nitrogens with zero attached hydrogens (tertiary/aromatic N) is 1. The second-order valence-electron chi connectivity index (χ2n) is 5.89. The van der Waals surface area contributed by atoms with Gasteiger partial charge in [0, 0.05) is 40.3 Å². The normalized spacial score (nSPS) is 24.1. The van der Waals surface area contributed by atoms with E-state index in [-0.39, 0.29) is 0 Å². The van der Waals surface area contributed by atoms with Crippen molar-refractivity contribution in [2.45, 2.75) is 51.4 Å². The summed E-state index contributed by atoms with van der Waals surface area (Å²) < 4.78 is 0. The first-order valence-electron chi connectivity index (χ1n) is 7.95. The summed E-state index contributed by atoms with van der Waals surface area (Å²) in [5.74, 6) is 1.19. The zero-order valence-electron chi connectivity index (χ0n) is 13.5. The highest BCUT2D eigenvalue weighted by molar-refractivity contribution is 8.00.